The molecule has 20 heavy (non-hydrogen) atoms. The molecule has 2 N–H and O–H groups in total. The first-order valence-corrected chi connectivity index (χ1v) is 6.99. The molecule has 0 aliphatic carbocycles. The monoisotopic (exact) mass is 296 g/mol. The quantitative estimate of drug-likeness (QED) is 0.638. The molecule has 1 aromatic rings. The van der Waals surface area contributed by atoms with Crippen molar-refractivity contribution in [3.63, 3.8) is 0 Å². The van der Waals surface area contributed by atoms with Crippen molar-refractivity contribution in [1.29, 1.82) is 0 Å². The number of thiophene rings is 1. The van der Waals surface area contributed by atoms with E-state index in [4.69, 9.17) is 9.47 Å². The molecule has 1 atom stereocenters. The summed E-state index contributed by atoms with van der Waals surface area (Å²) >= 11 is 1.47. The lowest BCUT2D eigenvalue weighted by Gasteiger charge is -2.27. The first-order chi connectivity index (χ1) is 9.63. The van der Waals surface area contributed by atoms with Gasteiger partial charge < -0.3 is 20.1 Å². The van der Waals surface area contributed by atoms with Gasteiger partial charge in [0.2, 0.25) is 0 Å². The van der Waals surface area contributed by atoms with Crippen LogP contribution >= 0.6 is 11.3 Å². The molecule has 1 aliphatic rings. The molecule has 0 spiro atoms. The Morgan fingerprint density at radius 2 is 2.25 bits per heavy atom. The lowest BCUT2D eigenvalue weighted by molar-refractivity contribution is -0.140. The van der Waals surface area contributed by atoms with Crippen LogP contribution in [0, 0.1) is 0 Å². The molecule has 2 amide bonds. The molecule has 0 saturated heterocycles. The van der Waals surface area contributed by atoms with E-state index < -0.39 is 12.0 Å². The van der Waals surface area contributed by atoms with Gasteiger partial charge in [0.15, 0.2) is 0 Å². The van der Waals surface area contributed by atoms with Crippen LogP contribution in [0.1, 0.15) is 17.8 Å². The highest BCUT2D eigenvalue weighted by Crippen LogP contribution is 2.30. The van der Waals surface area contributed by atoms with Gasteiger partial charge in [0.1, 0.15) is 6.61 Å². The van der Waals surface area contributed by atoms with Crippen LogP contribution in [0.25, 0.3) is 0 Å². The average molecular weight is 296 g/mol. The number of allylic oxidation sites excluding steroid dienone is 1. The minimum atomic E-state index is -0.473. The summed E-state index contributed by atoms with van der Waals surface area (Å²) in [6.07, 6.45) is 0. The number of carbonyl (C=O) groups is 2. The summed E-state index contributed by atoms with van der Waals surface area (Å²) in [6.45, 7) is 2.20. The third-order valence-corrected chi connectivity index (χ3v) is 3.77. The third-order valence-electron chi connectivity index (χ3n) is 2.84. The highest BCUT2D eigenvalue weighted by molar-refractivity contribution is 7.10. The summed E-state index contributed by atoms with van der Waals surface area (Å²) in [6, 6.07) is 2.95. The number of esters is 1. The Labute approximate surface area is 120 Å². The van der Waals surface area contributed by atoms with Gasteiger partial charge in [0.25, 0.3) is 0 Å². The Balaban J connectivity index is 2.22. The smallest absolute Gasteiger partial charge is 0.338 e. The Kier molecular flexibility index (Phi) is 4.75. The summed E-state index contributed by atoms with van der Waals surface area (Å²) in [4.78, 5) is 24.6. The van der Waals surface area contributed by atoms with E-state index in [-0.39, 0.29) is 12.6 Å². The van der Waals surface area contributed by atoms with E-state index >= 15 is 0 Å². The number of carbonyl (C=O) groups excluding carboxylic acids is 2. The van der Waals surface area contributed by atoms with Crippen molar-refractivity contribution in [3.8, 4) is 0 Å². The summed E-state index contributed by atoms with van der Waals surface area (Å²) in [5.41, 5.74) is 0.928. The predicted molar refractivity (Wildman–Crippen MR) is 74.3 cm³/mol. The van der Waals surface area contributed by atoms with Crippen LogP contribution < -0.4 is 10.6 Å². The zero-order valence-electron chi connectivity index (χ0n) is 11.3. The van der Waals surface area contributed by atoms with Gasteiger partial charge in [-0.3, -0.25) is 0 Å². The van der Waals surface area contributed by atoms with E-state index in [1.165, 1.54) is 18.4 Å². The summed E-state index contributed by atoms with van der Waals surface area (Å²) in [5, 5.41) is 7.23. The Hall–Kier alpha value is -1.86. The number of ether oxygens (including phenoxy) is 2. The number of amides is 2. The van der Waals surface area contributed by atoms with Gasteiger partial charge >= 0.3 is 12.0 Å². The van der Waals surface area contributed by atoms with Crippen LogP contribution in [0.15, 0.2) is 28.8 Å². The Morgan fingerprint density at radius 3 is 2.90 bits per heavy atom. The SMILES string of the molecule is COCCOC(=O)C1=C(C)NC(=O)N[C@@H]1c1cccs1. The van der Waals surface area contributed by atoms with Crippen molar-refractivity contribution in [1.82, 2.24) is 10.6 Å². The van der Waals surface area contributed by atoms with E-state index in [0.717, 1.165) is 4.88 Å². The van der Waals surface area contributed by atoms with Gasteiger partial charge in [-0.1, -0.05) is 6.07 Å². The highest BCUT2D eigenvalue weighted by Gasteiger charge is 2.32. The maximum absolute atomic E-state index is 12.2. The van der Waals surface area contributed by atoms with Gasteiger partial charge in [0, 0.05) is 17.7 Å². The van der Waals surface area contributed by atoms with Crippen LogP contribution in [0.2, 0.25) is 0 Å². The number of hydrogen-bond acceptors (Lipinski definition) is 5. The molecule has 6 nitrogen and oxygen atoms in total. The van der Waals surface area contributed by atoms with Crippen molar-refractivity contribution in [2.75, 3.05) is 20.3 Å². The zero-order valence-corrected chi connectivity index (χ0v) is 12.1. The van der Waals surface area contributed by atoms with Crippen molar-refractivity contribution < 1.29 is 19.1 Å². The van der Waals surface area contributed by atoms with Crippen molar-refractivity contribution >= 4 is 23.3 Å². The molecule has 0 aromatic carbocycles. The second-order valence-electron chi connectivity index (χ2n) is 4.21. The minimum absolute atomic E-state index is 0.178. The fraction of sp³-hybridized carbons (Fsp3) is 0.385. The number of nitrogens with one attached hydrogen (secondary N) is 2. The second kappa shape index (κ2) is 6.53. The Bertz CT molecular complexity index is 524. The largest absolute Gasteiger partial charge is 0.460 e. The lowest BCUT2D eigenvalue weighted by atomic mass is 10.0. The van der Waals surface area contributed by atoms with E-state index in [0.29, 0.717) is 17.9 Å². The molecule has 7 heteroatoms. The fourth-order valence-electron chi connectivity index (χ4n) is 1.93. The summed E-state index contributed by atoms with van der Waals surface area (Å²) < 4.78 is 9.99. The molecule has 2 heterocycles. The van der Waals surface area contributed by atoms with Gasteiger partial charge in [0.05, 0.1) is 18.2 Å². The Morgan fingerprint density at radius 1 is 1.45 bits per heavy atom. The van der Waals surface area contributed by atoms with Gasteiger partial charge in [-0.2, -0.15) is 0 Å². The normalized spacial score (nSPS) is 18.5. The number of methoxy groups -OCH3 is 1. The maximum atomic E-state index is 12.2. The first-order valence-electron chi connectivity index (χ1n) is 6.11. The van der Waals surface area contributed by atoms with Crippen molar-refractivity contribution in [3.05, 3.63) is 33.7 Å². The molecule has 0 fully saturated rings. The molecule has 0 radical (unpaired) electrons. The van der Waals surface area contributed by atoms with Gasteiger partial charge in [-0.05, 0) is 18.4 Å². The van der Waals surface area contributed by atoms with Crippen molar-refractivity contribution in [2.24, 2.45) is 0 Å². The van der Waals surface area contributed by atoms with Crippen LogP contribution in [-0.2, 0) is 14.3 Å². The average Bonchev–Trinajstić information content (AvgIpc) is 2.91. The minimum Gasteiger partial charge on any atom is -0.460 e. The van der Waals surface area contributed by atoms with Crippen LogP contribution in [0.4, 0.5) is 4.79 Å². The maximum Gasteiger partial charge on any atom is 0.338 e. The number of hydrogen-bond donors (Lipinski definition) is 2. The molecular formula is C13H16N2O4S. The van der Waals surface area contributed by atoms with E-state index in [1.54, 1.807) is 6.92 Å². The van der Waals surface area contributed by atoms with E-state index in [1.807, 2.05) is 17.5 Å². The second-order valence-corrected chi connectivity index (χ2v) is 5.19. The molecule has 1 aromatic heterocycles. The van der Waals surface area contributed by atoms with Gasteiger partial charge in [-0.15, -0.1) is 11.3 Å². The molecule has 0 unspecified atom stereocenters. The zero-order chi connectivity index (χ0) is 14.5. The summed E-state index contributed by atoms with van der Waals surface area (Å²) in [5.74, 6) is -0.453. The number of urea groups is 1. The first kappa shape index (κ1) is 14.5. The number of rotatable bonds is 5. The highest BCUT2D eigenvalue weighted by atomic mass is 32.1. The molecular weight excluding hydrogens is 280 g/mol. The molecule has 1 aliphatic heterocycles. The topological polar surface area (TPSA) is 76.7 Å². The molecule has 2 rings (SSSR count). The predicted octanol–water partition coefficient (Wildman–Crippen LogP) is 1.57. The summed E-state index contributed by atoms with van der Waals surface area (Å²) in [7, 11) is 1.54. The van der Waals surface area contributed by atoms with Crippen molar-refractivity contribution in [2.45, 2.75) is 13.0 Å². The van der Waals surface area contributed by atoms with E-state index in [9.17, 15) is 9.59 Å². The van der Waals surface area contributed by atoms with Gasteiger partial charge in [-0.25, -0.2) is 9.59 Å². The molecule has 0 saturated carbocycles. The van der Waals surface area contributed by atoms with Crippen LogP contribution in [0.3, 0.4) is 0 Å². The molecule has 0 bridgehead atoms. The van der Waals surface area contributed by atoms with Crippen LogP contribution in [0.5, 0.6) is 0 Å². The third kappa shape index (κ3) is 3.17. The van der Waals surface area contributed by atoms with E-state index in [2.05, 4.69) is 10.6 Å². The lowest BCUT2D eigenvalue weighted by Crippen LogP contribution is -2.45. The standard InChI is InChI=1S/C13H16N2O4S/c1-8-10(12(16)19-6-5-18-2)11(15-13(17)14-8)9-4-3-7-20-9/h3-4,7,11H,5-6H2,1-2H3,(H2,14,15,17)/t11-/m1/s1. The van der Waals surface area contributed by atoms with Crippen LogP contribution in [-0.4, -0.2) is 32.3 Å². The fourth-order valence-corrected chi connectivity index (χ4v) is 2.71. The molecule has 108 valence electrons.